The van der Waals surface area contributed by atoms with Crippen molar-refractivity contribution in [2.75, 3.05) is 6.98 Å². The van der Waals surface area contributed by atoms with Crippen LogP contribution < -0.4 is 0 Å². The Morgan fingerprint density at radius 1 is 1.25 bits per heavy atom. The van der Waals surface area contributed by atoms with Gasteiger partial charge in [-0.2, -0.15) is 4.39 Å². The summed E-state index contributed by atoms with van der Waals surface area (Å²) in [6.07, 6.45) is 3.66. The second-order valence-electron chi connectivity index (χ2n) is 7.06. The molecule has 2 aromatic heterocycles. The van der Waals surface area contributed by atoms with Gasteiger partial charge in [-0.15, -0.1) is 0 Å². The maximum Gasteiger partial charge on any atom is 0.337 e. The summed E-state index contributed by atoms with van der Waals surface area (Å²) < 4.78 is 38.7. The number of hydrogen-bond donors (Lipinski definition) is 1. The molecule has 28 heavy (non-hydrogen) atoms. The molecule has 0 radical (unpaired) electrons. The molecule has 5 rings (SSSR count). The van der Waals surface area contributed by atoms with Crippen molar-refractivity contribution < 1.29 is 23.2 Å². The normalized spacial score (nSPS) is 18.5. The van der Waals surface area contributed by atoms with Crippen LogP contribution in [0.15, 0.2) is 48.8 Å². The summed E-state index contributed by atoms with van der Waals surface area (Å²) in [5.74, 6) is -2.59. The molecule has 1 aromatic carbocycles. The number of rotatable bonds is 2. The van der Waals surface area contributed by atoms with Gasteiger partial charge in [-0.1, -0.05) is 12.1 Å². The zero-order valence-corrected chi connectivity index (χ0v) is 14.5. The molecule has 1 aliphatic carbocycles. The van der Waals surface area contributed by atoms with Crippen LogP contribution in [0.2, 0.25) is 0 Å². The zero-order valence-electron chi connectivity index (χ0n) is 17.5. The lowest BCUT2D eigenvalue weighted by Crippen LogP contribution is -2.36. The van der Waals surface area contributed by atoms with E-state index in [1.54, 1.807) is 24.3 Å². The van der Waals surface area contributed by atoms with Crippen molar-refractivity contribution in [3.63, 3.8) is 0 Å². The second-order valence-corrected chi connectivity index (χ2v) is 7.06. The molecule has 3 aromatic rings. The van der Waals surface area contributed by atoms with Gasteiger partial charge < -0.3 is 14.6 Å². The molecule has 0 unspecified atom stereocenters. The summed E-state index contributed by atoms with van der Waals surface area (Å²) in [7, 11) is 0. The van der Waals surface area contributed by atoms with Gasteiger partial charge in [-0.05, 0) is 42.7 Å². The average Bonchev–Trinajstić information content (AvgIpc) is 3.36. The van der Waals surface area contributed by atoms with Gasteiger partial charge >= 0.3 is 5.97 Å². The van der Waals surface area contributed by atoms with E-state index < -0.39 is 30.3 Å². The van der Waals surface area contributed by atoms with Gasteiger partial charge in [0.05, 0.1) is 16.8 Å². The molecular weight excluding hydrogens is 361 g/mol. The number of carbonyl (C=O) groups excluding carboxylic acids is 1. The van der Waals surface area contributed by atoms with Gasteiger partial charge in [0, 0.05) is 34.6 Å². The number of benzene rings is 1. The van der Waals surface area contributed by atoms with Gasteiger partial charge in [0.25, 0.3) is 5.91 Å². The van der Waals surface area contributed by atoms with Gasteiger partial charge in [-0.25, -0.2) is 9.78 Å². The Labute approximate surface area is 164 Å². The van der Waals surface area contributed by atoms with E-state index in [0.29, 0.717) is 35.2 Å². The van der Waals surface area contributed by atoms with Crippen molar-refractivity contribution >= 4 is 11.9 Å². The van der Waals surface area contributed by atoms with Crippen molar-refractivity contribution in [3.8, 4) is 16.8 Å². The van der Waals surface area contributed by atoms with E-state index >= 15 is 0 Å². The van der Waals surface area contributed by atoms with Crippen LogP contribution in [0.5, 0.6) is 0 Å². The van der Waals surface area contributed by atoms with E-state index in [4.69, 9.17) is 4.11 Å². The average molecular weight is 380 g/mol. The van der Waals surface area contributed by atoms with Gasteiger partial charge in [0.2, 0.25) is 5.95 Å². The maximum atomic E-state index is 13.3. The number of amides is 1. The number of aromatic nitrogens is 2. The van der Waals surface area contributed by atoms with Crippen molar-refractivity contribution in [2.45, 2.75) is 18.4 Å². The molecule has 1 fully saturated rings. The third-order valence-electron chi connectivity index (χ3n) is 5.46. The molecule has 2 aliphatic rings. The number of carbonyl (C=O) groups is 2. The van der Waals surface area contributed by atoms with E-state index in [1.165, 1.54) is 29.1 Å². The minimum atomic E-state index is -2.70. The van der Waals surface area contributed by atoms with Gasteiger partial charge in [0.15, 0.2) is 0 Å². The lowest BCUT2D eigenvalue weighted by atomic mass is 9.97. The Balaban J connectivity index is 1.79. The smallest absolute Gasteiger partial charge is 0.337 e. The van der Waals surface area contributed by atoms with Crippen LogP contribution >= 0.6 is 0 Å². The Morgan fingerprint density at radius 2 is 2.04 bits per heavy atom. The molecule has 3 heterocycles. The molecule has 7 heteroatoms. The number of carboxylic acids is 1. The summed E-state index contributed by atoms with van der Waals surface area (Å²) in [5, 5.41) is 9.44. The molecule has 1 N–H and O–H groups in total. The van der Waals surface area contributed by atoms with E-state index in [1.807, 2.05) is 0 Å². The monoisotopic (exact) mass is 380 g/mol. The largest absolute Gasteiger partial charge is 0.478 e. The molecule has 1 spiro atoms. The molecule has 0 bridgehead atoms. The SMILES string of the molecule is [2H]C([2H])([2H])N1C(=O)c2cc(C(=O)O)cn2-c2cc(-c3ccc(F)nc3)ccc2C12CC2. The van der Waals surface area contributed by atoms with E-state index in [2.05, 4.69) is 4.98 Å². The lowest BCUT2D eigenvalue weighted by Gasteiger charge is -2.27. The van der Waals surface area contributed by atoms with Gasteiger partial charge in [-0.3, -0.25) is 4.79 Å². The summed E-state index contributed by atoms with van der Waals surface area (Å²) in [5.41, 5.74) is 1.30. The summed E-state index contributed by atoms with van der Waals surface area (Å²) in [6, 6.07) is 9.25. The number of halogens is 1. The van der Waals surface area contributed by atoms with Crippen molar-refractivity contribution in [1.29, 1.82) is 0 Å². The summed E-state index contributed by atoms with van der Waals surface area (Å²) in [6.45, 7) is -2.70. The Kier molecular flexibility index (Phi) is 2.69. The maximum absolute atomic E-state index is 13.3. The first-order valence-electron chi connectivity index (χ1n) is 10.2. The second kappa shape index (κ2) is 5.51. The van der Waals surface area contributed by atoms with Crippen LogP contribution in [-0.4, -0.2) is 38.4 Å². The van der Waals surface area contributed by atoms with Crippen LogP contribution in [0.4, 0.5) is 4.39 Å². The summed E-state index contributed by atoms with van der Waals surface area (Å²) >= 11 is 0. The van der Waals surface area contributed by atoms with E-state index in [-0.39, 0.29) is 11.3 Å². The van der Waals surface area contributed by atoms with Crippen molar-refractivity contribution in [2.24, 2.45) is 0 Å². The number of hydrogen-bond acceptors (Lipinski definition) is 3. The molecule has 1 saturated carbocycles. The van der Waals surface area contributed by atoms with Crippen LogP contribution in [0.1, 0.15) is 43.4 Å². The van der Waals surface area contributed by atoms with Crippen LogP contribution in [0.3, 0.4) is 0 Å². The van der Waals surface area contributed by atoms with Crippen molar-refractivity contribution in [1.82, 2.24) is 14.5 Å². The Morgan fingerprint density at radius 3 is 2.68 bits per heavy atom. The molecule has 0 saturated heterocycles. The van der Waals surface area contributed by atoms with Crippen LogP contribution in [0.25, 0.3) is 16.8 Å². The number of nitrogens with zero attached hydrogens (tertiary/aromatic N) is 3. The van der Waals surface area contributed by atoms with E-state index in [9.17, 15) is 19.1 Å². The van der Waals surface area contributed by atoms with E-state index in [0.717, 1.165) is 4.90 Å². The fraction of sp³-hybridized carbons (Fsp3) is 0.190. The highest BCUT2D eigenvalue weighted by atomic mass is 19.1. The first-order valence-corrected chi connectivity index (χ1v) is 8.69. The minimum absolute atomic E-state index is 0.0343. The number of pyridine rings is 1. The molecular formula is C21H16FN3O3. The molecule has 1 aliphatic heterocycles. The molecule has 6 nitrogen and oxygen atoms in total. The van der Waals surface area contributed by atoms with Crippen LogP contribution in [0, 0.1) is 5.95 Å². The number of fused-ring (bicyclic) bond motifs is 4. The highest BCUT2D eigenvalue weighted by Gasteiger charge is 2.53. The predicted molar refractivity (Wildman–Crippen MR) is 98.9 cm³/mol. The molecule has 140 valence electrons. The molecule has 1 amide bonds. The molecule has 0 atom stereocenters. The van der Waals surface area contributed by atoms with Gasteiger partial charge in [0.1, 0.15) is 5.69 Å². The minimum Gasteiger partial charge on any atom is -0.478 e. The lowest BCUT2D eigenvalue weighted by molar-refractivity contribution is 0.0695. The predicted octanol–water partition coefficient (Wildman–Crippen LogP) is 3.45. The first-order chi connectivity index (χ1) is 14.6. The highest BCUT2D eigenvalue weighted by molar-refractivity contribution is 5.99. The first kappa shape index (κ1) is 13.7. The Bertz CT molecular complexity index is 1250. The zero-order chi connectivity index (χ0) is 22.1. The fourth-order valence-corrected chi connectivity index (χ4v) is 3.84. The quantitative estimate of drug-likeness (QED) is 0.691. The van der Waals surface area contributed by atoms with Crippen LogP contribution in [-0.2, 0) is 5.54 Å². The Hall–Kier alpha value is -3.48. The fourth-order valence-electron chi connectivity index (χ4n) is 3.84. The summed E-state index contributed by atoms with van der Waals surface area (Å²) in [4.78, 5) is 29.5. The standard InChI is InChI=1S/C21H16FN3O3/c1-24-19(26)17-9-14(20(27)28)11-25(17)16-8-12(13-3-5-18(22)23-10-13)2-4-15(16)21(24)6-7-21/h2-5,8-11H,6-7H2,1H3,(H,27,28)/i1D3. The number of aromatic carboxylic acids is 1. The highest BCUT2D eigenvalue weighted by Crippen LogP contribution is 2.54. The third-order valence-corrected chi connectivity index (χ3v) is 5.46. The number of carboxylic acid groups (broad SMARTS) is 1. The van der Waals surface area contributed by atoms with Crippen molar-refractivity contribution in [3.05, 3.63) is 71.6 Å². The topological polar surface area (TPSA) is 75.4 Å². The third kappa shape index (κ3) is 2.22.